The number of hydrogen-bond donors (Lipinski definition) is 1. The summed E-state index contributed by atoms with van der Waals surface area (Å²) >= 11 is 0. The number of hydrogen-bond acceptors (Lipinski definition) is 1. The van der Waals surface area contributed by atoms with Gasteiger partial charge in [0, 0.05) is 28.1 Å². The molecule has 1 heterocycles. The maximum Gasteiger partial charge on any atom is 0.168 e. The summed E-state index contributed by atoms with van der Waals surface area (Å²) in [4.78, 5) is 16.4. The van der Waals surface area contributed by atoms with Crippen molar-refractivity contribution < 1.29 is 4.79 Å². The first-order valence-electron chi connectivity index (χ1n) is 7.62. The Morgan fingerprint density at radius 2 is 2.00 bits per heavy atom. The van der Waals surface area contributed by atoms with Gasteiger partial charge in [-0.2, -0.15) is 0 Å². The summed E-state index contributed by atoms with van der Waals surface area (Å²) in [6.07, 6.45) is 4.63. The molecular weight excluding hydrogens is 246 g/mol. The first-order valence-corrected chi connectivity index (χ1v) is 7.62. The number of H-pyrrole nitrogens is 1. The lowest BCUT2D eigenvalue weighted by Crippen LogP contribution is -2.34. The van der Waals surface area contributed by atoms with Gasteiger partial charge in [-0.3, -0.25) is 4.79 Å². The number of ketones is 1. The highest BCUT2D eigenvalue weighted by Crippen LogP contribution is 2.43. The van der Waals surface area contributed by atoms with Gasteiger partial charge in [0.25, 0.3) is 0 Å². The molecule has 1 saturated carbocycles. The second-order valence-electron chi connectivity index (χ2n) is 6.82. The molecule has 1 aliphatic carbocycles. The Kier molecular flexibility index (Phi) is 3.19. The standard InChI is InChI=1S/C18H23NO/c1-12-16(13-8-4-5-10-15(13)19-12)17(20)14-9-6-7-11-18(14,2)3/h4-5,8,10,14,19H,6-7,9,11H2,1-3H3. The van der Waals surface area contributed by atoms with Crippen LogP contribution in [0.3, 0.4) is 0 Å². The molecule has 106 valence electrons. The summed E-state index contributed by atoms with van der Waals surface area (Å²) in [6.45, 7) is 6.51. The van der Waals surface area contributed by atoms with Gasteiger partial charge < -0.3 is 4.98 Å². The largest absolute Gasteiger partial charge is 0.358 e. The molecule has 1 fully saturated rings. The number of carbonyl (C=O) groups excluding carboxylic acids is 1. The highest BCUT2D eigenvalue weighted by Gasteiger charge is 2.38. The van der Waals surface area contributed by atoms with Crippen molar-refractivity contribution in [2.24, 2.45) is 11.3 Å². The van der Waals surface area contributed by atoms with Gasteiger partial charge in [-0.25, -0.2) is 0 Å². The number of carbonyl (C=O) groups is 1. The van der Waals surface area contributed by atoms with E-state index in [-0.39, 0.29) is 11.3 Å². The number of aromatic amines is 1. The van der Waals surface area contributed by atoms with Gasteiger partial charge in [0.05, 0.1) is 0 Å². The molecule has 1 N–H and O–H groups in total. The molecule has 2 nitrogen and oxygen atoms in total. The van der Waals surface area contributed by atoms with Gasteiger partial charge in [-0.05, 0) is 31.2 Å². The first-order chi connectivity index (χ1) is 9.50. The van der Waals surface area contributed by atoms with E-state index < -0.39 is 0 Å². The minimum Gasteiger partial charge on any atom is -0.358 e. The van der Waals surface area contributed by atoms with Crippen LogP contribution in [-0.2, 0) is 0 Å². The Morgan fingerprint density at radius 1 is 1.25 bits per heavy atom. The van der Waals surface area contributed by atoms with E-state index in [4.69, 9.17) is 0 Å². The molecule has 1 atom stereocenters. The molecule has 3 rings (SSSR count). The minimum absolute atomic E-state index is 0.125. The van der Waals surface area contributed by atoms with E-state index in [0.29, 0.717) is 5.78 Å². The predicted octanol–water partition coefficient (Wildman–Crippen LogP) is 4.88. The summed E-state index contributed by atoms with van der Waals surface area (Å²) < 4.78 is 0. The maximum atomic E-state index is 13.1. The normalized spacial score (nSPS) is 22.1. The molecule has 0 bridgehead atoms. The molecule has 0 spiro atoms. The lowest BCUT2D eigenvalue weighted by Gasteiger charge is -2.37. The zero-order chi connectivity index (χ0) is 14.3. The summed E-state index contributed by atoms with van der Waals surface area (Å²) in [7, 11) is 0. The third-order valence-electron chi connectivity index (χ3n) is 4.96. The number of para-hydroxylation sites is 1. The molecule has 1 unspecified atom stereocenters. The van der Waals surface area contributed by atoms with Crippen LogP contribution in [0, 0.1) is 18.3 Å². The van der Waals surface area contributed by atoms with Gasteiger partial charge in [-0.1, -0.05) is 44.9 Å². The van der Waals surface area contributed by atoms with E-state index in [1.807, 2.05) is 25.1 Å². The second-order valence-corrected chi connectivity index (χ2v) is 6.82. The van der Waals surface area contributed by atoms with Gasteiger partial charge in [0.15, 0.2) is 5.78 Å². The number of Topliss-reactive ketones (excluding diaryl/α,β-unsaturated/α-hetero) is 1. The lowest BCUT2D eigenvalue weighted by atomic mass is 9.66. The van der Waals surface area contributed by atoms with Crippen LogP contribution in [0.25, 0.3) is 10.9 Å². The van der Waals surface area contributed by atoms with Crippen molar-refractivity contribution >= 4 is 16.7 Å². The van der Waals surface area contributed by atoms with Crippen molar-refractivity contribution in [3.8, 4) is 0 Å². The quantitative estimate of drug-likeness (QED) is 0.775. The fourth-order valence-electron chi connectivity index (χ4n) is 3.75. The molecule has 0 amide bonds. The van der Waals surface area contributed by atoms with Crippen LogP contribution in [0.1, 0.15) is 55.6 Å². The van der Waals surface area contributed by atoms with E-state index in [1.54, 1.807) is 0 Å². The van der Waals surface area contributed by atoms with Gasteiger partial charge in [0.1, 0.15) is 0 Å². The highest BCUT2D eigenvalue weighted by molar-refractivity contribution is 6.10. The minimum atomic E-state index is 0.125. The Labute approximate surface area is 120 Å². The predicted molar refractivity (Wildman–Crippen MR) is 83.1 cm³/mol. The molecule has 1 aromatic carbocycles. The number of aromatic nitrogens is 1. The van der Waals surface area contributed by atoms with Crippen LogP contribution in [0.2, 0.25) is 0 Å². The highest BCUT2D eigenvalue weighted by atomic mass is 16.1. The second kappa shape index (κ2) is 4.76. The number of rotatable bonds is 2. The number of nitrogens with one attached hydrogen (secondary N) is 1. The molecule has 0 aliphatic heterocycles. The van der Waals surface area contributed by atoms with E-state index in [9.17, 15) is 4.79 Å². The fraction of sp³-hybridized carbons (Fsp3) is 0.500. The maximum absolute atomic E-state index is 13.1. The number of fused-ring (bicyclic) bond motifs is 1. The molecule has 1 aliphatic rings. The zero-order valence-corrected chi connectivity index (χ0v) is 12.6. The monoisotopic (exact) mass is 269 g/mol. The smallest absolute Gasteiger partial charge is 0.168 e. The van der Waals surface area contributed by atoms with Crippen molar-refractivity contribution in [2.75, 3.05) is 0 Å². The number of benzene rings is 1. The van der Waals surface area contributed by atoms with E-state index >= 15 is 0 Å². The van der Waals surface area contributed by atoms with Crippen LogP contribution >= 0.6 is 0 Å². The summed E-state index contributed by atoms with van der Waals surface area (Å²) in [5, 5.41) is 1.08. The number of aryl methyl sites for hydroxylation is 1. The van der Waals surface area contributed by atoms with Crippen molar-refractivity contribution in [2.45, 2.75) is 46.5 Å². The van der Waals surface area contributed by atoms with Crippen molar-refractivity contribution in [3.63, 3.8) is 0 Å². The molecular formula is C18H23NO. The SMILES string of the molecule is Cc1[nH]c2ccccc2c1C(=O)C1CCCCC1(C)C. The first kappa shape index (κ1) is 13.4. The average molecular weight is 269 g/mol. The zero-order valence-electron chi connectivity index (χ0n) is 12.6. The fourth-order valence-corrected chi connectivity index (χ4v) is 3.75. The summed E-state index contributed by atoms with van der Waals surface area (Å²) in [5.74, 6) is 0.499. The third-order valence-corrected chi connectivity index (χ3v) is 4.96. The van der Waals surface area contributed by atoms with E-state index in [1.165, 1.54) is 12.8 Å². The molecule has 0 saturated heterocycles. The van der Waals surface area contributed by atoms with Gasteiger partial charge in [0.2, 0.25) is 0 Å². The lowest BCUT2D eigenvalue weighted by molar-refractivity contribution is 0.0698. The van der Waals surface area contributed by atoms with E-state index in [2.05, 4.69) is 24.9 Å². The molecule has 2 heteroatoms. The molecule has 1 aromatic heterocycles. The van der Waals surface area contributed by atoms with E-state index in [0.717, 1.165) is 35.0 Å². The van der Waals surface area contributed by atoms with Crippen LogP contribution in [0.15, 0.2) is 24.3 Å². The molecule has 0 radical (unpaired) electrons. The van der Waals surface area contributed by atoms with Crippen LogP contribution in [-0.4, -0.2) is 10.8 Å². The summed E-state index contributed by atoms with van der Waals surface area (Å²) in [6, 6.07) is 8.13. The topological polar surface area (TPSA) is 32.9 Å². The average Bonchev–Trinajstić information content (AvgIpc) is 2.73. The molecule has 20 heavy (non-hydrogen) atoms. The Bertz CT molecular complexity index is 650. The van der Waals surface area contributed by atoms with Crippen molar-refractivity contribution in [1.82, 2.24) is 4.98 Å². The summed E-state index contributed by atoms with van der Waals surface area (Å²) in [5.41, 5.74) is 3.13. The third kappa shape index (κ3) is 2.07. The van der Waals surface area contributed by atoms with Gasteiger partial charge >= 0.3 is 0 Å². The van der Waals surface area contributed by atoms with Crippen molar-refractivity contribution in [1.29, 1.82) is 0 Å². The Hall–Kier alpha value is -1.57. The van der Waals surface area contributed by atoms with Crippen molar-refractivity contribution in [3.05, 3.63) is 35.5 Å². The van der Waals surface area contributed by atoms with Crippen LogP contribution < -0.4 is 0 Å². The van der Waals surface area contributed by atoms with Crippen LogP contribution in [0.4, 0.5) is 0 Å². The van der Waals surface area contributed by atoms with Gasteiger partial charge in [-0.15, -0.1) is 0 Å². The Morgan fingerprint density at radius 3 is 2.75 bits per heavy atom. The van der Waals surface area contributed by atoms with Crippen LogP contribution in [0.5, 0.6) is 0 Å². The molecule has 2 aromatic rings. The Balaban J connectivity index is 2.06.